The molecule has 0 fully saturated rings. The van der Waals surface area contributed by atoms with Gasteiger partial charge in [0.05, 0.1) is 17.5 Å². The number of amides is 1. The summed E-state index contributed by atoms with van der Waals surface area (Å²) in [5.41, 5.74) is -1.14. The number of hydrogen-bond donors (Lipinski definition) is 2. The number of hydrogen-bond acceptors (Lipinski definition) is 2. The van der Waals surface area contributed by atoms with Crippen molar-refractivity contribution in [1.82, 2.24) is 5.32 Å². The minimum Gasteiger partial charge on any atom is -0.480 e. The smallest absolute Gasteiger partial charge is 0.416 e. The fraction of sp³-hybridized carbons (Fsp3) is 0.333. The van der Waals surface area contributed by atoms with Gasteiger partial charge in [0.15, 0.2) is 0 Å². The normalized spacial score (nSPS) is 13.0. The molecule has 4 nitrogen and oxygen atoms in total. The first kappa shape index (κ1) is 24.2. The fourth-order valence-electron chi connectivity index (χ4n) is 2.92. The zero-order chi connectivity index (χ0) is 23.6. The lowest BCUT2D eigenvalue weighted by atomic mass is 10.00. The molecule has 0 saturated carbocycles. The van der Waals surface area contributed by atoms with Crippen LogP contribution in [-0.4, -0.2) is 23.0 Å². The second-order valence-corrected chi connectivity index (χ2v) is 7.17. The first-order valence-corrected chi connectivity index (χ1v) is 9.03. The van der Waals surface area contributed by atoms with E-state index in [-0.39, 0.29) is 12.5 Å². The molecule has 0 spiro atoms. The van der Waals surface area contributed by atoms with E-state index in [1.54, 1.807) is 18.2 Å². The first-order valence-electron chi connectivity index (χ1n) is 9.03. The van der Waals surface area contributed by atoms with E-state index < -0.39 is 53.4 Å². The number of aryl methyl sites for hydroxylation is 2. The number of carboxylic acid groups (broad SMARTS) is 1. The van der Waals surface area contributed by atoms with Crippen LogP contribution >= 0.6 is 0 Å². The van der Waals surface area contributed by atoms with Gasteiger partial charge in [0.2, 0.25) is 5.91 Å². The van der Waals surface area contributed by atoms with Gasteiger partial charge in [-0.05, 0) is 54.3 Å². The summed E-state index contributed by atoms with van der Waals surface area (Å²) in [5.74, 6) is -2.39. The van der Waals surface area contributed by atoms with Gasteiger partial charge < -0.3 is 10.4 Å². The van der Waals surface area contributed by atoms with E-state index in [1.807, 2.05) is 13.8 Å². The Morgan fingerprint density at radius 1 is 0.871 bits per heavy atom. The van der Waals surface area contributed by atoms with Crippen LogP contribution in [0.25, 0.3) is 0 Å². The van der Waals surface area contributed by atoms with Crippen molar-refractivity contribution in [1.29, 1.82) is 0 Å². The number of carbonyl (C=O) groups excluding carboxylic acids is 1. The second kappa shape index (κ2) is 8.99. The number of alkyl halides is 6. The Morgan fingerprint density at radius 2 is 1.42 bits per heavy atom. The Morgan fingerprint density at radius 3 is 1.87 bits per heavy atom. The van der Waals surface area contributed by atoms with Crippen LogP contribution in [-0.2, 0) is 34.8 Å². The van der Waals surface area contributed by atoms with Crippen molar-refractivity contribution in [3.05, 3.63) is 69.8 Å². The monoisotopic (exact) mass is 447 g/mol. The Labute approximate surface area is 173 Å². The van der Waals surface area contributed by atoms with Crippen LogP contribution in [0.15, 0.2) is 36.4 Å². The molecule has 2 aromatic carbocycles. The van der Waals surface area contributed by atoms with E-state index in [0.29, 0.717) is 17.7 Å². The highest BCUT2D eigenvalue weighted by atomic mass is 19.4. The summed E-state index contributed by atoms with van der Waals surface area (Å²) in [6, 6.07) is 4.62. The maximum atomic E-state index is 12.9. The molecule has 2 aromatic rings. The molecule has 2 rings (SSSR count). The molecular formula is C21H19F6NO3. The molecular weight excluding hydrogens is 428 g/mol. The van der Waals surface area contributed by atoms with Crippen molar-refractivity contribution in [3.8, 4) is 0 Å². The number of halogens is 6. The van der Waals surface area contributed by atoms with Gasteiger partial charge in [-0.25, -0.2) is 4.79 Å². The van der Waals surface area contributed by atoms with Gasteiger partial charge in [0.25, 0.3) is 0 Å². The van der Waals surface area contributed by atoms with Crippen molar-refractivity contribution in [2.24, 2.45) is 0 Å². The molecule has 0 aliphatic rings. The summed E-state index contributed by atoms with van der Waals surface area (Å²) in [7, 11) is 0. The number of carboxylic acids is 1. The van der Waals surface area contributed by atoms with Crippen LogP contribution in [0.5, 0.6) is 0 Å². The Hall–Kier alpha value is -3.04. The van der Waals surface area contributed by atoms with Crippen LogP contribution in [0.4, 0.5) is 26.3 Å². The number of aliphatic carboxylic acids is 1. The third-order valence-electron chi connectivity index (χ3n) is 4.66. The number of carbonyl (C=O) groups is 2. The van der Waals surface area contributed by atoms with Gasteiger partial charge in [-0.15, -0.1) is 0 Å². The molecule has 1 amide bonds. The molecule has 1 atom stereocenters. The molecule has 0 aliphatic heterocycles. The molecule has 31 heavy (non-hydrogen) atoms. The summed E-state index contributed by atoms with van der Waals surface area (Å²) in [4.78, 5) is 23.7. The van der Waals surface area contributed by atoms with Gasteiger partial charge >= 0.3 is 18.3 Å². The lowest BCUT2D eigenvalue weighted by molar-refractivity contribution is -0.143. The van der Waals surface area contributed by atoms with E-state index in [0.717, 1.165) is 11.1 Å². The third kappa shape index (κ3) is 6.73. The van der Waals surface area contributed by atoms with E-state index in [4.69, 9.17) is 0 Å². The summed E-state index contributed by atoms with van der Waals surface area (Å²) >= 11 is 0. The van der Waals surface area contributed by atoms with Gasteiger partial charge in [0.1, 0.15) is 6.04 Å². The zero-order valence-electron chi connectivity index (χ0n) is 16.5. The summed E-state index contributed by atoms with van der Waals surface area (Å²) < 4.78 is 77.7. The average Bonchev–Trinajstić information content (AvgIpc) is 2.62. The molecule has 10 heteroatoms. The Balaban J connectivity index is 2.22. The summed E-state index contributed by atoms with van der Waals surface area (Å²) in [6.07, 6.45) is -11.0. The highest BCUT2D eigenvalue weighted by Crippen LogP contribution is 2.36. The SMILES string of the molecule is Cc1ccc(C[C@H](NC(=O)Cc2cc(C(F)(F)F)cc(C(F)(F)F)c2)C(=O)O)cc1C. The maximum absolute atomic E-state index is 12.9. The molecule has 0 unspecified atom stereocenters. The second-order valence-electron chi connectivity index (χ2n) is 7.17. The molecule has 2 N–H and O–H groups in total. The first-order chi connectivity index (χ1) is 14.2. The summed E-state index contributed by atoms with van der Waals surface area (Å²) in [6.45, 7) is 3.68. The predicted molar refractivity (Wildman–Crippen MR) is 99.3 cm³/mol. The van der Waals surface area contributed by atoms with E-state index >= 15 is 0 Å². The van der Waals surface area contributed by atoms with Crippen molar-refractivity contribution >= 4 is 11.9 Å². The van der Waals surface area contributed by atoms with Gasteiger partial charge in [-0.1, -0.05) is 18.2 Å². The van der Waals surface area contributed by atoms with E-state index in [9.17, 15) is 41.0 Å². The molecule has 0 heterocycles. The van der Waals surface area contributed by atoms with Crippen LogP contribution < -0.4 is 5.32 Å². The minimum absolute atomic E-state index is 0.0405. The predicted octanol–water partition coefficient (Wildman–Crippen LogP) is 4.70. The maximum Gasteiger partial charge on any atom is 0.416 e. The standard InChI is InChI=1S/C21H19F6NO3/c1-11-3-4-13(5-12(11)2)8-17(19(30)31)28-18(29)9-14-6-15(20(22,23)24)10-16(7-14)21(25,26)27/h3-7,10,17H,8-9H2,1-2H3,(H,28,29)(H,30,31)/t17-/m0/s1. The number of rotatable bonds is 6. The van der Waals surface area contributed by atoms with Crippen LogP contribution in [0.2, 0.25) is 0 Å². The zero-order valence-corrected chi connectivity index (χ0v) is 16.5. The average molecular weight is 447 g/mol. The van der Waals surface area contributed by atoms with Crippen molar-refractivity contribution in [2.45, 2.75) is 45.1 Å². The molecule has 0 aliphatic carbocycles. The number of benzene rings is 2. The molecule has 0 bridgehead atoms. The summed E-state index contributed by atoms with van der Waals surface area (Å²) in [5, 5.41) is 11.5. The lowest BCUT2D eigenvalue weighted by Crippen LogP contribution is -2.43. The topological polar surface area (TPSA) is 66.4 Å². The van der Waals surface area contributed by atoms with Gasteiger partial charge in [-0.2, -0.15) is 26.3 Å². The Kier molecular flexibility index (Phi) is 7.03. The molecule has 0 aromatic heterocycles. The van der Waals surface area contributed by atoms with Crippen LogP contribution in [0.1, 0.15) is 33.4 Å². The molecule has 0 radical (unpaired) electrons. The quantitative estimate of drug-likeness (QED) is 0.632. The molecule has 168 valence electrons. The van der Waals surface area contributed by atoms with Crippen molar-refractivity contribution < 1.29 is 41.0 Å². The molecule has 0 saturated heterocycles. The Bertz CT molecular complexity index is 950. The highest BCUT2D eigenvalue weighted by molar-refractivity contribution is 5.85. The van der Waals surface area contributed by atoms with E-state index in [1.165, 1.54) is 0 Å². The van der Waals surface area contributed by atoms with E-state index in [2.05, 4.69) is 5.32 Å². The largest absolute Gasteiger partial charge is 0.480 e. The van der Waals surface area contributed by atoms with Crippen molar-refractivity contribution in [2.75, 3.05) is 0 Å². The highest BCUT2D eigenvalue weighted by Gasteiger charge is 2.37. The van der Waals surface area contributed by atoms with Gasteiger partial charge in [-0.3, -0.25) is 4.79 Å². The number of nitrogens with one attached hydrogen (secondary N) is 1. The lowest BCUT2D eigenvalue weighted by Gasteiger charge is -2.17. The third-order valence-corrected chi connectivity index (χ3v) is 4.66. The van der Waals surface area contributed by atoms with Gasteiger partial charge in [0, 0.05) is 6.42 Å². The van der Waals surface area contributed by atoms with Crippen LogP contribution in [0, 0.1) is 13.8 Å². The fourth-order valence-corrected chi connectivity index (χ4v) is 2.92. The minimum atomic E-state index is -5.04. The van der Waals surface area contributed by atoms with Crippen molar-refractivity contribution in [3.63, 3.8) is 0 Å². The van der Waals surface area contributed by atoms with Crippen LogP contribution in [0.3, 0.4) is 0 Å².